The highest BCUT2D eigenvalue weighted by molar-refractivity contribution is 7.89. The van der Waals surface area contributed by atoms with E-state index in [4.69, 9.17) is 9.88 Å². The molecular weight excluding hydrogens is 273 g/mol. The quantitative estimate of drug-likeness (QED) is 0.897. The first kappa shape index (κ1) is 13.5. The number of sulfonamides is 1. The van der Waals surface area contributed by atoms with E-state index in [2.05, 4.69) is 4.98 Å². The number of primary sulfonamides is 1. The number of nitrogens with two attached hydrogens (primary N) is 1. The minimum atomic E-state index is -3.85. The van der Waals surface area contributed by atoms with Gasteiger partial charge in [0.15, 0.2) is 16.6 Å². The molecule has 0 amide bonds. The fourth-order valence-electron chi connectivity index (χ4n) is 1.61. The molecule has 0 bridgehead atoms. The summed E-state index contributed by atoms with van der Waals surface area (Å²) in [7, 11) is -2.47. The Balaban J connectivity index is 2.29. The van der Waals surface area contributed by atoms with Crippen LogP contribution in [0.5, 0.6) is 5.75 Å². The van der Waals surface area contributed by atoms with Gasteiger partial charge in [0.2, 0.25) is 0 Å². The first-order chi connectivity index (χ1) is 8.91. The van der Waals surface area contributed by atoms with E-state index in [1.54, 1.807) is 12.1 Å². The van der Waals surface area contributed by atoms with E-state index in [0.717, 1.165) is 0 Å². The summed E-state index contributed by atoms with van der Waals surface area (Å²) in [5.74, 6) is -0.361. The largest absolute Gasteiger partial charge is 0.494 e. The van der Waals surface area contributed by atoms with Crippen molar-refractivity contribution < 1.29 is 17.5 Å². The van der Waals surface area contributed by atoms with Crippen LogP contribution >= 0.6 is 0 Å². The lowest BCUT2D eigenvalue weighted by Gasteiger charge is -2.07. The van der Waals surface area contributed by atoms with E-state index in [0.29, 0.717) is 5.56 Å². The molecule has 2 aromatic rings. The Morgan fingerprint density at radius 2 is 2.21 bits per heavy atom. The van der Waals surface area contributed by atoms with Gasteiger partial charge in [0, 0.05) is 11.8 Å². The molecule has 1 aromatic heterocycles. The van der Waals surface area contributed by atoms with Crippen LogP contribution in [0.1, 0.15) is 5.56 Å². The van der Waals surface area contributed by atoms with E-state index in [1.807, 2.05) is 0 Å². The first-order valence-corrected chi connectivity index (χ1v) is 6.82. The Morgan fingerprint density at radius 3 is 2.79 bits per heavy atom. The van der Waals surface area contributed by atoms with Gasteiger partial charge in [0.05, 0.1) is 20.0 Å². The standard InChI is InChI=1S/C11H12FN3O3S/c1-18-9-4-2-3-8(11(9)12)5-15-6-10(14-7-15)19(13,16)17/h2-4,6-7H,5H2,1H3,(H2,13,16,17). The third-order valence-electron chi connectivity index (χ3n) is 2.52. The molecule has 8 heteroatoms. The molecule has 0 radical (unpaired) electrons. The smallest absolute Gasteiger partial charge is 0.257 e. The number of aromatic nitrogens is 2. The van der Waals surface area contributed by atoms with E-state index in [1.165, 1.54) is 30.3 Å². The van der Waals surface area contributed by atoms with Gasteiger partial charge in [-0.3, -0.25) is 0 Å². The maximum Gasteiger partial charge on any atom is 0.257 e. The zero-order valence-electron chi connectivity index (χ0n) is 10.1. The van der Waals surface area contributed by atoms with Crippen molar-refractivity contribution in [3.8, 4) is 5.75 Å². The molecule has 0 atom stereocenters. The van der Waals surface area contributed by atoms with Crippen molar-refractivity contribution in [2.45, 2.75) is 11.6 Å². The maximum absolute atomic E-state index is 13.9. The number of nitrogens with zero attached hydrogens (tertiary/aromatic N) is 2. The van der Waals surface area contributed by atoms with E-state index in [9.17, 15) is 12.8 Å². The van der Waals surface area contributed by atoms with Crippen LogP contribution in [0.4, 0.5) is 4.39 Å². The summed E-state index contributed by atoms with van der Waals surface area (Å²) in [4.78, 5) is 3.65. The highest BCUT2D eigenvalue weighted by Crippen LogP contribution is 2.20. The number of ether oxygens (including phenoxy) is 1. The fourth-order valence-corrected chi connectivity index (χ4v) is 2.08. The van der Waals surface area contributed by atoms with Crippen molar-refractivity contribution in [3.63, 3.8) is 0 Å². The van der Waals surface area contributed by atoms with Gasteiger partial charge in [-0.2, -0.15) is 0 Å². The van der Waals surface area contributed by atoms with Gasteiger partial charge in [0.1, 0.15) is 0 Å². The maximum atomic E-state index is 13.9. The average molecular weight is 285 g/mol. The van der Waals surface area contributed by atoms with Crippen molar-refractivity contribution >= 4 is 10.0 Å². The van der Waals surface area contributed by atoms with Crippen molar-refractivity contribution in [2.75, 3.05) is 7.11 Å². The summed E-state index contributed by atoms with van der Waals surface area (Å²) in [5.41, 5.74) is 0.359. The Bertz CT molecular complexity index is 697. The molecule has 0 saturated heterocycles. The Hall–Kier alpha value is -1.93. The van der Waals surface area contributed by atoms with Gasteiger partial charge in [-0.25, -0.2) is 22.9 Å². The molecule has 0 spiro atoms. The number of imidazole rings is 1. The number of halogens is 1. The Morgan fingerprint density at radius 1 is 1.47 bits per heavy atom. The summed E-state index contributed by atoms with van der Waals surface area (Å²) >= 11 is 0. The minimum Gasteiger partial charge on any atom is -0.494 e. The van der Waals surface area contributed by atoms with E-state index < -0.39 is 15.8 Å². The van der Waals surface area contributed by atoms with Gasteiger partial charge in [0.25, 0.3) is 10.0 Å². The number of hydrogen-bond acceptors (Lipinski definition) is 4. The predicted molar refractivity (Wildman–Crippen MR) is 65.7 cm³/mol. The molecule has 0 aliphatic heterocycles. The lowest BCUT2D eigenvalue weighted by molar-refractivity contribution is 0.383. The van der Waals surface area contributed by atoms with Crippen molar-refractivity contribution in [1.82, 2.24) is 9.55 Å². The van der Waals surface area contributed by atoms with Gasteiger partial charge in [-0.1, -0.05) is 12.1 Å². The van der Waals surface area contributed by atoms with Crippen LogP contribution in [0.2, 0.25) is 0 Å². The lowest BCUT2D eigenvalue weighted by Crippen LogP contribution is -2.12. The van der Waals surface area contributed by atoms with Crippen molar-refractivity contribution in [3.05, 3.63) is 42.1 Å². The molecule has 0 saturated carbocycles. The summed E-state index contributed by atoms with van der Waals surface area (Å²) in [6.45, 7) is 0.131. The van der Waals surface area contributed by atoms with Crippen molar-refractivity contribution in [2.24, 2.45) is 5.14 Å². The zero-order chi connectivity index (χ0) is 14.0. The summed E-state index contributed by atoms with van der Waals surface area (Å²) in [5, 5.41) is 4.69. The monoisotopic (exact) mass is 285 g/mol. The van der Waals surface area contributed by atoms with Crippen LogP contribution in [0.15, 0.2) is 35.7 Å². The molecule has 19 heavy (non-hydrogen) atoms. The zero-order valence-corrected chi connectivity index (χ0v) is 10.9. The van der Waals surface area contributed by atoms with Crippen LogP contribution in [-0.4, -0.2) is 25.1 Å². The van der Waals surface area contributed by atoms with E-state index in [-0.39, 0.29) is 17.3 Å². The minimum absolute atomic E-state index is 0.129. The fraction of sp³-hybridized carbons (Fsp3) is 0.182. The molecule has 2 rings (SSSR count). The summed E-state index contributed by atoms with van der Waals surface area (Å²) in [6.07, 6.45) is 2.52. The normalized spacial score (nSPS) is 11.5. The van der Waals surface area contributed by atoms with Gasteiger partial charge >= 0.3 is 0 Å². The second-order valence-corrected chi connectivity index (χ2v) is 5.37. The second kappa shape index (κ2) is 4.98. The highest BCUT2D eigenvalue weighted by Gasteiger charge is 2.13. The third kappa shape index (κ3) is 2.91. The molecule has 0 aliphatic rings. The Labute approximate surface area is 109 Å². The molecule has 6 nitrogen and oxygen atoms in total. The second-order valence-electron chi connectivity index (χ2n) is 3.86. The molecule has 0 fully saturated rings. The molecule has 2 N–H and O–H groups in total. The lowest BCUT2D eigenvalue weighted by atomic mass is 10.2. The SMILES string of the molecule is COc1cccc(Cn2cnc(S(N)(=O)=O)c2)c1F. The highest BCUT2D eigenvalue weighted by atomic mass is 32.2. The predicted octanol–water partition coefficient (Wildman–Crippen LogP) is 0.727. The third-order valence-corrected chi connectivity index (χ3v) is 3.31. The van der Waals surface area contributed by atoms with Crippen molar-refractivity contribution in [1.29, 1.82) is 0 Å². The molecule has 1 aromatic carbocycles. The molecule has 102 valence electrons. The van der Waals surface area contributed by atoms with Gasteiger partial charge in [-0.05, 0) is 6.07 Å². The van der Waals surface area contributed by atoms with Crippen LogP contribution in [0.25, 0.3) is 0 Å². The summed E-state index contributed by atoms with van der Waals surface area (Å²) in [6, 6.07) is 4.73. The first-order valence-electron chi connectivity index (χ1n) is 5.28. The van der Waals surface area contributed by atoms with Crippen LogP contribution in [-0.2, 0) is 16.6 Å². The molecule has 1 heterocycles. The molecule has 0 aliphatic carbocycles. The van der Waals surface area contributed by atoms with Crippen LogP contribution < -0.4 is 9.88 Å². The topological polar surface area (TPSA) is 87.2 Å². The van der Waals surface area contributed by atoms with E-state index >= 15 is 0 Å². The number of rotatable bonds is 4. The summed E-state index contributed by atoms with van der Waals surface area (Å²) < 4.78 is 42.3. The average Bonchev–Trinajstić information content (AvgIpc) is 2.80. The molecule has 0 unspecified atom stereocenters. The van der Waals surface area contributed by atoms with Gasteiger partial charge in [-0.15, -0.1) is 0 Å². The molecular formula is C11H12FN3O3S. The van der Waals surface area contributed by atoms with Gasteiger partial charge < -0.3 is 9.30 Å². The number of benzene rings is 1. The van der Waals surface area contributed by atoms with Crippen LogP contribution in [0.3, 0.4) is 0 Å². The number of hydrogen-bond donors (Lipinski definition) is 1. The van der Waals surface area contributed by atoms with Crippen LogP contribution in [0, 0.1) is 5.82 Å². The Kier molecular flexibility index (Phi) is 3.54. The number of methoxy groups -OCH3 is 1.